The highest BCUT2D eigenvalue weighted by Gasteiger charge is 2.09. The number of halogens is 2. The Morgan fingerprint density at radius 1 is 1.38 bits per heavy atom. The first-order valence-electron chi connectivity index (χ1n) is 5.02. The van der Waals surface area contributed by atoms with Gasteiger partial charge in [0.05, 0.1) is 5.69 Å². The molecule has 0 radical (unpaired) electrons. The molecule has 2 N–H and O–H groups in total. The molecule has 0 amide bonds. The molecule has 0 bridgehead atoms. The molecule has 90 valence electrons. The van der Waals surface area contributed by atoms with Crippen molar-refractivity contribution in [2.24, 2.45) is 5.92 Å². The first-order valence-corrected chi connectivity index (χ1v) is 5.02. The fourth-order valence-electron chi connectivity index (χ4n) is 1.16. The Labute approximate surface area is 93.0 Å². The fraction of sp³-hybridized carbons (Fsp3) is 0.455. The summed E-state index contributed by atoms with van der Waals surface area (Å²) in [5.41, 5.74) is 0.503. The highest BCUT2D eigenvalue weighted by molar-refractivity contribution is 5.56. The van der Waals surface area contributed by atoms with E-state index >= 15 is 0 Å². The second kappa shape index (κ2) is 6.27. The number of ether oxygens (including phenoxy) is 1. The molecule has 0 saturated carbocycles. The van der Waals surface area contributed by atoms with Gasteiger partial charge < -0.3 is 15.2 Å². The minimum atomic E-state index is -2.83. The minimum Gasteiger partial charge on any atom is -0.433 e. The first-order chi connectivity index (χ1) is 7.63. The number of para-hydroxylation sites is 2. The molecule has 5 heteroatoms. The van der Waals surface area contributed by atoms with Gasteiger partial charge in [-0.25, -0.2) is 0 Å². The summed E-state index contributed by atoms with van der Waals surface area (Å²) >= 11 is 0. The lowest BCUT2D eigenvalue weighted by molar-refractivity contribution is -0.0493. The molecule has 3 nitrogen and oxygen atoms in total. The van der Waals surface area contributed by atoms with Crippen molar-refractivity contribution >= 4 is 5.69 Å². The van der Waals surface area contributed by atoms with Gasteiger partial charge in [-0.15, -0.1) is 0 Å². The van der Waals surface area contributed by atoms with Crippen molar-refractivity contribution in [2.75, 3.05) is 18.5 Å². The molecule has 1 unspecified atom stereocenters. The number of anilines is 1. The highest BCUT2D eigenvalue weighted by Crippen LogP contribution is 2.25. The molecule has 0 aliphatic rings. The number of aliphatic hydroxyl groups excluding tert-OH is 1. The highest BCUT2D eigenvalue weighted by atomic mass is 19.3. The fourth-order valence-corrected chi connectivity index (χ4v) is 1.16. The second-order valence-electron chi connectivity index (χ2n) is 3.54. The van der Waals surface area contributed by atoms with Gasteiger partial charge in [-0.3, -0.25) is 0 Å². The van der Waals surface area contributed by atoms with Gasteiger partial charge in [-0.2, -0.15) is 8.78 Å². The Bertz CT molecular complexity index is 321. The van der Waals surface area contributed by atoms with Crippen LogP contribution in [0.4, 0.5) is 14.5 Å². The second-order valence-corrected chi connectivity index (χ2v) is 3.54. The lowest BCUT2D eigenvalue weighted by Crippen LogP contribution is -2.15. The lowest BCUT2D eigenvalue weighted by atomic mass is 10.2. The van der Waals surface area contributed by atoms with Gasteiger partial charge in [-0.1, -0.05) is 19.1 Å². The van der Waals surface area contributed by atoms with E-state index in [2.05, 4.69) is 10.1 Å². The summed E-state index contributed by atoms with van der Waals surface area (Å²) in [6.45, 7) is -0.438. The van der Waals surface area contributed by atoms with Crippen LogP contribution in [-0.2, 0) is 0 Å². The average molecular weight is 231 g/mol. The van der Waals surface area contributed by atoms with E-state index in [1.165, 1.54) is 6.07 Å². The van der Waals surface area contributed by atoms with Crippen LogP contribution in [0.15, 0.2) is 24.3 Å². The van der Waals surface area contributed by atoms with Gasteiger partial charge in [0.15, 0.2) is 0 Å². The third kappa shape index (κ3) is 4.02. The number of benzene rings is 1. The van der Waals surface area contributed by atoms with E-state index in [1.807, 2.05) is 6.92 Å². The predicted octanol–water partition coefficient (Wildman–Crippen LogP) is 2.33. The molecular weight excluding hydrogens is 216 g/mol. The van der Waals surface area contributed by atoms with Crippen LogP contribution in [0.1, 0.15) is 6.92 Å². The number of aliphatic hydroxyl groups is 1. The summed E-state index contributed by atoms with van der Waals surface area (Å²) in [6, 6.07) is 6.47. The van der Waals surface area contributed by atoms with Crippen LogP contribution in [0.5, 0.6) is 5.75 Å². The zero-order valence-electron chi connectivity index (χ0n) is 8.99. The van der Waals surface area contributed by atoms with Crippen LogP contribution in [0.3, 0.4) is 0 Å². The van der Waals surface area contributed by atoms with Crippen molar-refractivity contribution in [2.45, 2.75) is 13.5 Å². The SMILES string of the molecule is CC(CO)CNc1ccccc1OC(F)F. The Hall–Kier alpha value is -1.36. The third-order valence-corrected chi connectivity index (χ3v) is 2.06. The summed E-state index contributed by atoms with van der Waals surface area (Å²) in [5.74, 6) is 0.169. The standard InChI is InChI=1S/C11H15F2NO2/c1-8(7-15)6-14-9-4-2-3-5-10(9)16-11(12)13/h2-5,8,11,14-15H,6-7H2,1H3. The van der Waals surface area contributed by atoms with Crippen molar-refractivity contribution in [3.63, 3.8) is 0 Å². The lowest BCUT2D eigenvalue weighted by Gasteiger charge is -2.14. The van der Waals surface area contributed by atoms with E-state index in [4.69, 9.17) is 5.11 Å². The van der Waals surface area contributed by atoms with Crippen molar-refractivity contribution in [3.8, 4) is 5.75 Å². The van der Waals surface area contributed by atoms with Crippen molar-refractivity contribution < 1.29 is 18.6 Å². The van der Waals surface area contributed by atoms with Crippen molar-refractivity contribution in [3.05, 3.63) is 24.3 Å². The van der Waals surface area contributed by atoms with Crippen LogP contribution in [0, 0.1) is 5.92 Å². The van der Waals surface area contributed by atoms with E-state index in [0.29, 0.717) is 12.2 Å². The van der Waals surface area contributed by atoms with Crippen LogP contribution in [-0.4, -0.2) is 24.9 Å². The van der Waals surface area contributed by atoms with E-state index in [1.54, 1.807) is 18.2 Å². The minimum absolute atomic E-state index is 0.0465. The van der Waals surface area contributed by atoms with E-state index in [-0.39, 0.29) is 18.3 Å². The summed E-state index contributed by atoms with van der Waals surface area (Å²) in [5, 5.41) is 11.8. The van der Waals surface area contributed by atoms with Gasteiger partial charge >= 0.3 is 6.61 Å². The summed E-state index contributed by atoms with van der Waals surface area (Å²) in [7, 11) is 0. The summed E-state index contributed by atoms with van der Waals surface area (Å²) in [4.78, 5) is 0. The van der Waals surface area contributed by atoms with E-state index in [0.717, 1.165) is 0 Å². The molecular formula is C11H15F2NO2. The summed E-state index contributed by atoms with van der Waals surface area (Å²) < 4.78 is 28.5. The molecule has 0 aliphatic heterocycles. The number of hydrogen-bond donors (Lipinski definition) is 2. The van der Waals surface area contributed by atoms with Gasteiger partial charge in [0.2, 0.25) is 0 Å². The van der Waals surface area contributed by atoms with Crippen molar-refractivity contribution in [1.29, 1.82) is 0 Å². The number of nitrogens with one attached hydrogen (secondary N) is 1. The number of hydrogen-bond acceptors (Lipinski definition) is 3. The molecule has 0 aromatic heterocycles. The van der Waals surface area contributed by atoms with Crippen LogP contribution in [0.25, 0.3) is 0 Å². The monoisotopic (exact) mass is 231 g/mol. The Balaban J connectivity index is 2.63. The molecule has 0 heterocycles. The first kappa shape index (κ1) is 12.7. The quantitative estimate of drug-likeness (QED) is 0.789. The largest absolute Gasteiger partial charge is 0.433 e. The maximum Gasteiger partial charge on any atom is 0.387 e. The third-order valence-electron chi connectivity index (χ3n) is 2.06. The van der Waals surface area contributed by atoms with E-state index in [9.17, 15) is 8.78 Å². The smallest absolute Gasteiger partial charge is 0.387 e. The molecule has 1 aromatic rings. The Morgan fingerprint density at radius 3 is 2.69 bits per heavy atom. The Morgan fingerprint density at radius 2 is 2.06 bits per heavy atom. The number of rotatable bonds is 6. The normalized spacial score (nSPS) is 12.6. The van der Waals surface area contributed by atoms with Gasteiger partial charge in [0.1, 0.15) is 5.75 Å². The molecule has 1 aromatic carbocycles. The van der Waals surface area contributed by atoms with Gasteiger partial charge in [0, 0.05) is 13.2 Å². The molecule has 0 aliphatic carbocycles. The predicted molar refractivity (Wildman–Crippen MR) is 57.8 cm³/mol. The molecule has 0 fully saturated rings. The zero-order valence-corrected chi connectivity index (χ0v) is 8.99. The van der Waals surface area contributed by atoms with Gasteiger partial charge in [0.25, 0.3) is 0 Å². The summed E-state index contributed by atoms with van der Waals surface area (Å²) in [6.07, 6.45) is 0. The number of alkyl halides is 2. The molecule has 1 rings (SSSR count). The van der Waals surface area contributed by atoms with Crippen LogP contribution >= 0.6 is 0 Å². The zero-order chi connectivity index (χ0) is 12.0. The van der Waals surface area contributed by atoms with Crippen molar-refractivity contribution in [1.82, 2.24) is 0 Å². The molecule has 0 spiro atoms. The van der Waals surface area contributed by atoms with Gasteiger partial charge in [-0.05, 0) is 18.1 Å². The maximum atomic E-state index is 12.1. The molecule has 16 heavy (non-hydrogen) atoms. The van der Waals surface area contributed by atoms with Crippen LogP contribution < -0.4 is 10.1 Å². The molecule has 1 atom stereocenters. The topological polar surface area (TPSA) is 41.5 Å². The Kier molecular flexibility index (Phi) is 4.98. The van der Waals surface area contributed by atoms with E-state index < -0.39 is 6.61 Å². The average Bonchev–Trinajstić information content (AvgIpc) is 2.26. The van der Waals surface area contributed by atoms with Crippen LogP contribution in [0.2, 0.25) is 0 Å². The maximum absolute atomic E-state index is 12.1. The molecule has 0 saturated heterocycles.